The first-order valence-corrected chi connectivity index (χ1v) is 35.9. The number of nitrogens with one attached hydrogen (secondary N) is 1. The molecule has 0 aliphatic heterocycles. The number of aliphatic hydroxyl groups excluding tert-OH is 2. The van der Waals surface area contributed by atoms with E-state index in [0.29, 0.717) is 25.9 Å². The molecule has 0 aromatic rings. The zero-order valence-electron chi connectivity index (χ0n) is 53.2. The van der Waals surface area contributed by atoms with Crippen molar-refractivity contribution in [1.82, 2.24) is 5.32 Å². The van der Waals surface area contributed by atoms with Crippen LogP contribution >= 0.6 is 0 Å². The molecule has 0 fully saturated rings. The van der Waals surface area contributed by atoms with Gasteiger partial charge in [-0.3, -0.25) is 9.59 Å². The van der Waals surface area contributed by atoms with Crippen molar-refractivity contribution in [2.24, 2.45) is 0 Å². The van der Waals surface area contributed by atoms with Crippen LogP contribution in [-0.2, 0) is 14.3 Å². The molecular weight excluding hydrogens is 959 g/mol. The molecule has 78 heavy (non-hydrogen) atoms. The number of esters is 1. The lowest BCUT2D eigenvalue weighted by Crippen LogP contribution is -2.45. The number of ether oxygens (including phenoxy) is 1. The number of carbonyl (C=O) groups excluding carboxylic acids is 2. The van der Waals surface area contributed by atoms with Crippen molar-refractivity contribution >= 4 is 11.9 Å². The number of hydrogen-bond acceptors (Lipinski definition) is 5. The highest BCUT2D eigenvalue weighted by molar-refractivity contribution is 5.76. The highest BCUT2D eigenvalue weighted by Crippen LogP contribution is 2.19. The minimum absolute atomic E-state index is 0.0217. The first-order valence-electron chi connectivity index (χ1n) is 35.9. The van der Waals surface area contributed by atoms with Crippen LogP contribution in [-0.4, -0.2) is 47.4 Å². The summed E-state index contributed by atoms with van der Waals surface area (Å²) >= 11 is 0. The topological polar surface area (TPSA) is 95.9 Å². The Morgan fingerprint density at radius 1 is 0.346 bits per heavy atom. The van der Waals surface area contributed by atoms with Gasteiger partial charge in [0, 0.05) is 12.8 Å². The molecule has 1 amide bonds. The average Bonchev–Trinajstić information content (AvgIpc) is 3.44. The first kappa shape index (κ1) is 76.6. The Balaban J connectivity index is 3.34. The Labute approximate surface area is 489 Å². The van der Waals surface area contributed by atoms with Gasteiger partial charge in [-0.1, -0.05) is 360 Å². The fourth-order valence-electron chi connectivity index (χ4n) is 11.6. The van der Waals surface area contributed by atoms with Crippen molar-refractivity contribution in [3.63, 3.8) is 0 Å². The summed E-state index contributed by atoms with van der Waals surface area (Å²) in [6.45, 7) is 5.00. The maximum absolute atomic E-state index is 12.5. The second-order valence-electron chi connectivity index (χ2n) is 24.9. The minimum atomic E-state index is -0.663. The van der Waals surface area contributed by atoms with E-state index in [-0.39, 0.29) is 18.5 Å². The van der Waals surface area contributed by atoms with Crippen LogP contribution < -0.4 is 5.32 Å². The third-order valence-corrected chi connectivity index (χ3v) is 17.1. The molecule has 0 bridgehead atoms. The monoisotopic (exact) mass is 1100 g/mol. The molecule has 6 heteroatoms. The van der Waals surface area contributed by atoms with Gasteiger partial charge in [-0.05, 0) is 51.4 Å². The number of hydrogen-bond donors (Lipinski definition) is 3. The smallest absolute Gasteiger partial charge is 0.305 e. The van der Waals surface area contributed by atoms with Gasteiger partial charge in [0.25, 0.3) is 0 Å². The largest absolute Gasteiger partial charge is 0.466 e. The van der Waals surface area contributed by atoms with Crippen molar-refractivity contribution in [3.05, 3.63) is 12.2 Å². The third kappa shape index (κ3) is 63.8. The van der Waals surface area contributed by atoms with Gasteiger partial charge in [-0.15, -0.1) is 0 Å². The third-order valence-electron chi connectivity index (χ3n) is 17.1. The van der Waals surface area contributed by atoms with E-state index >= 15 is 0 Å². The lowest BCUT2D eigenvalue weighted by Gasteiger charge is -2.22. The Morgan fingerprint density at radius 3 is 0.910 bits per heavy atom. The Bertz CT molecular complexity index is 1180. The quantitative estimate of drug-likeness (QED) is 0.0320. The summed E-state index contributed by atoms with van der Waals surface area (Å²) in [6.07, 6.45) is 84.1. The molecule has 0 radical (unpaired) electrons. The maximum Gasteiger partial charge on any atom is 0.305 e. The minimum Gasteiger partial charge on any atom is -0.466 e. The SMILES string of the molecule is CCCCCCCCCCCCCCCCCCCCCC(=O)OCCCCCCCCCCCCCC/C=C\CCCCCCCCCCCCCCC(=O)NC(CO)C(O)CCCCCCCCCCCCCCCC. The lowest BCUT2D eigenvalue weighted by molar-refractivity contribution is -0.143. The highest BCUT2D eigenvalue weighted by atomic mass is 16.5. The van der Waals surface area contributed by atoms with Crippen LogP contribution in [0.5, 0.6) is 0 Å². The number of amides is 1. The van der Waals surface area contributed by atoms with Crippen LogP contribution in [0.2, 0.25) is 0 Å². The van der Waals surface area contributed by atoms with Crippen LogP contribution in [0.15, 0.2) is 12.2 Å². The molecule has 0 aromatic heterocycles. The Kier molecular flexibility index (Phi) is 66.9. The van der Waals surface area contributed by atoms with Crippen LogP contribution in [0.1, 0.15) is 412 Å². The number of rotatable bonds is 68. The van der Waals surface area contributed by atoms with Crippen molar-refractivity contribution < 1.29 is 24.5 Å². The second kappa shape index (κ2) is 68.1. The fourth-order valence-corrected chi connectivity index (χ4v) is 11.6. The van der Waals surface area contributed by atoms with E-state index in [1.54, 1.807) is 0 Å². The standard InChI is InChI=1S/C72H141NO5/c1-3-5-7-9-11-13-15-17-19-20-31-35-38-42-46-50-54-58-62-66-72(77)78-67-63-59-55-51-47-43-39-36-33-30-28-26-24-22-21-23-25-27-29-32-34-37-41-45-49-53-57-61-65-71(76)73-69(68-74)70(75)64-60-56-52-48-44-40-18-16-14-12-10-8-6-4-2/h21-22,69-70,74-75H,3-20,23-68H2,1-2H3,(H,73,76)/b22-21-. The summed E-state index contributed by atoms with van der Waals surface area (Å²) in [4.78, 5) is 24.6. The fraction of sp³-hybridized carbons (Fsp3) is 0.944. The number of carbonyl (C=O) groups is 2. The molecule has 0 heterocycles. The van der Waals surface area contributed by atoms with Crippen molar-refractivity contribution in [2.45, 2.75) is 424 Å². The van der Waals surface area contributed by atoms with E-state index in [2.05, 4.69) is 31.3 Å². The number of aliphatic hydroxyl groups is 2. The molecule has 6 nitrogen and oxygen atoms in total. The summed E-state index contributed by atoms with van der Waals surface area (Å²) in [5.74, 6) is -0.0103. The molecule has 2 unspecified atom stereocenters. The molecule has 0 spiro atoms. The molecule has 0 aliphatic carbocycles. The molecule has 464 valence electrons. The second-order valence-corrected chi connectivity index (χ2v) is 24.9. The van der Waals surface area contributed by atoms with Gasteiger partial charge in [0.15, 0.2) is 0 Å². The van der Waals surface area contributed by atoms with Crippen molar-refractivity contribution in [3.8, 4) is 0 Å². The average molecular weight is 1100 g/mol. The molecule has 3 N–H and O–H groups in total. The zero-order valence-corrected chi connectivity index (χ0v) is 53.2. The van der Waals surface area contributed by atoms with Crippen LogP contribution in [0, 0.1) is 0 Å². The molecule has 0 saturated heterocycles. The highest BCUT2D eigenvalue weighted by Gasteiger charge is 2.20. The first-order chi connectivity index (χ1) is 38.5. The van der Waals surface area contributed by atoms with E-state index in [1.165, 1.54) is 340 Å². The molecule has 0 aromatic carbocycles. The van der Waals surface area contributed by atoms with Gasteiger partial charge in [0.1, 0.15) is 0 Å². The molecular formula is C72H141NO5. The molecule has 2 atom stereocenters. The van der Waals surface area contributed by atoms with Gasteiger partial charge in [0.05, 0.1) is 25.4 Å². The summed E-state index contributed by atoms with van der Waals surface area (Å²) in [5, 5.41) is 23.3. The molecule has 0 aliphatic rings. The van der Waals surface area contributed by atoms with Gasteiger partial charge >= 0.3 is 5.97 Å². The van der Waals surface area contributed by atoms with Crippen molar-refractivity contribution in [2.75, 3.05) is 13.2 Å². The molecule has 0 rings (SSSR count). The van der Waals surface area contributed by atoms with Gasteiger partial charge in [0.2, 0.25) is 5.91 Å². The van der Waals surface area contributed by atoms with Crippen LogP contribution in [0.4, 0.5) is 0 Å². The summed E-state index contributed by atoms with van der Waals surface area (Å²) in [5.41, 5.74) is 0. The van der Waals surface area contributed by atoms with Gasteiger partial charge in [-0.25, -0.2) is 0 Å². The van der Waals surface area contributed by atoms with E-state index in [9.17, 15) is 19.8 Å². The normalized spacial score (nSPS) is 12.5. The summed E-state index contributed by atoms with van der Waals surface area (Å²) < 4.78 is 5.51. The van der Waals surface area contributed by atoms with Crippen LogP contribution in [0.25, 0.3) is 0 Å². The Morgan fingerprint density at radius 2 is 0.603 bits per heavy atom. The van der Waals surface area contributed by atoms with E-state index in [0.717, 1.165) is 38.5 Å². The zero-order chi connectivity index (χ0) is 56.4. The van der Waals surface area contributed by atoms with E-state index < -0.39 is 12.1 Å². The van der Waals surface area contributed by atoms with Gasteiger partial charge < -0.3 is 20.3 Å². The van der Waals surface area contributed by atoms with E-state index in [4.69, 9.17) is 4.74 Å². The van der Waals surface area contributed by atoms with E-state index in [1.807, 2.05) is 0 Å². The van der Waals surface area contributed by atoms with Crippen LogP contribution in [0.3, 0.4) is 0 Å². The Hall–Kier alpha value is -1.40. The molecule has 0 saturated carbocycles. The maximum atomic E-state index is 12.5. The predicted octanol–water partition coefficient (Wildman–Crippen LogP) is 23.1. The van der Waals surface area contributed by atoms with Crippen molar-refractivity contribution in [1.29, 1.82) is 0 Å². The number of allylic oxidation sites excluding steroid dienone is 2. The van der Waals surface area contributed by atoms with Gasteiger partial charge in [-0.2, -0.15) is 0 Å². The number of unbranched alkanes of at least 4 members (excludes halogenated alkanes) is 55. The predicted molar refractivity (Wildman–Crippen MR) is 343 cm³/mol. The summed E-state index contributed by atoms with van der Waals surface area (Å²) in [7, 11) is 0. The summed E-state index contributed by atoms with van der Waals surface area (Å²) in [6, 6.07) is -0.540. The lowest BCUT2D eigenvalue weighted by atomic mass is 10.0.